The van der Waals surface area contributed by atoms with Crippen LogP contribution in [0.1, 0.15) is 44.1 Å². The van der Waals surface area contributed by atoms with Crippen LogP contribution in [0.5, 0.6) is 0 Å². The lowest BCUT2D eigenvalue weighted by atomic mass is 10.1. The molecule has 2 unspecified atom stereocenters. The van der Waals surface area contributed by atoms with Crippen LogP contribution < -0.4 is 10.6 Å². The first-order valence-electron chi connectivity index (χ1n) is 9.18. The van der Waals surface area contributed by atoms with Gasteiger partial charge in [-0.2, -0.15) is 0 Å². The van der Waals surface area contributed by atoms with Crippen molar-refractivity contribution in [2.45, 2.75) is 50.6 Å². The van der Waals surface area contributed by atoms with Crippen molar-refractivity contribution in [1.29, 1.82) is 0 Å². The Kier molecular flexibility index (Phi) is 5.72. The monoisotopic (exact) mass is 332 g/mol. The third-order valence-electron chi connectivity index (χ3n) is 5.11. The van der Waals surface area contributed by atoms with Crippen LogP contribution in [0.3, 0.4) is 0 Å². The lowest BCUT2D eigenvalue weighted by molar-refractivity contribution is 0.206. The number of likely N-dealkylation sites (tertiary alicyclic amines) is 1. The van der Waals surface area contributed by atoms with E-state index in [0.717, 1.165) is 43.9 Å². The van der Waals surface area contributed by atoms with E-state index in [0.29, 0.717) is 6.04 Å². The Morgan fingerprint density at radius 3 is 2.67 bits per heavy atom. The smallest absolute Gasteiger partial charge is 0.191 e. The third-order valence-corrected chi connectivity index (χ3v) is 5.11. The van der Waals surface area contributed by atoms with E-state index in [2.05, 4.69) is 27.4 Å². The summed E-state index contributed by atoms with van der Waals surface area (Å²) in [6.07, 6.45) is 4.50. The van der Waals surface area contributed by atoms with Gasteiger partial charge in [-0.05, 0) is 43.9 Å². The molecule has 2 fully saturated rings. The Balaban J connectivity index is 1.46. The van der Waals surface area contributed by atoms with Crippen LogP contribution in [0.4, 0.5) is 4.39 Å². The fraction of sp³-hybridized carbons (Fsp3) is 0.632. The minimum Gasteiger partial charge on any atom is -0.354 e. The summed E-state index contributed by atoms with van der Waals surface area (Å²) in [5, 5.41) is 7.00. The van der Waals surface area contributed by atoms with E-state index in [4.69, 9.17) is 0 Å². The number of hydrogen-bond acceptors (Lipinski definition) is 2. The maximum atomic E-state index is 13.9. The van der Waals surface area contributed by atoms with Crippen LogP contribution in [-0.4, -0.2) is 49.6 Å². The molecule has 0 amide bonds. The molecule has 1 heterocycles. The van der Waals surface area contributed by atoms with Crippen molar-refractivity contribution in [2.24, 2.45) is 4.99 Å². The molecule has 1 saturated heterocycles. The van der Waals surface area contributed by atoms with Crippen molar-refractivity contribution in [1.82, 2.24) is 15.5 Å². The average molecular weight is 332 g/mol. The summed E-state index contributed by atoms with van der Waals surface area (Å²) < 4.78 is 13.9. The van der Waals surface area contributed by atoms with Gasteiger partial charge in [0.1, 0.15) is 5.82 Å². The van der Waals surface area contributed by atoms with Gasteiger partial charge in [0.15, 0.2) is 5.96 Å². The predicted molar refractivity (Wildman–Crippen MR) is 96.9 cm³/mol. The molecule has 1 aromatic carbocycles. The number of hydrogen-bond donors (Lipinski definition) is 2. The molecule has 24 heavy (non-hydrogen) atoms. The van der Waals surface area contributed by atoms with Crippen molar-refractivity contribution in [2.75, 3.05) is 26.7 Å². The highest BCUT2D eigenvalue weighted by atomic mass is 19.1. The first kappa shape index (κ1) is 17.2. The Hall–Kier alpha value is -1.62. The number of aliphatic imine (C=N–C) groups is 1. The van der Waals surface area contributed by atoms with Gasteiger partial charge in [-0.3, -0.25) is 4.99 Å². The second-order valence-electron chi connectivity index (χ2n) is 6.95. The highest BCUT2D eigenvalue weighted by Crippen LogP contribution is 2.41. The number of nitrogens with one attached hydrogen (secondary N) is 2. The minimum absolute atomic E-state index is 0.0990. The summed E-state index contributed by atoms with van der Waals surface area (Å²) in [5.41, 5.74) is 0.818. The highest BCUT2D eigenvalue weighted by Gasteiger charge is 2.40. The standard InChI is InChI=1S/C19H29FN4/c1-3-10-24-11-8-14(9-12-24)22-19(21-2)23-18-13-16(18)15-6-4-5-7-17(15)20/h4-7,14,16,18H,3,8-13H2,1-2H3,(H2,21,22,23). The van der Waals surface area contributed by atoms with Gasteiger partial charge in [-0.1, -0.05) is 25.1 Å². The zero-order valence-corrected chi connectivity index (χ0v) is 14.8. The number of piperidine rings is 1. The summed E-state index contributed by atoms with van der Waals surface area (Å²) in [4.78, 5) is 6.89. The Morgan fingerprint density at radius 2 is 2.00 bits per heavy atom. The van der Waals surface area contributed by atoms with Crippen LogP contribution in [0, 0.1) is 5.82 Å². The first-order chi connectivity index (χ1) is 11.7. The molecule has 0 spiro atoms. The van der Waals surface area contributed by atoms with Crippen LogP contribution >= 0.6 is 0 Å². The van der Waals surface area contributed by atoms with Gasteiger partial charge in [0.2, 0.25) is 0 Å². The lowest BCUT2D eigenvalue weighted by Crippen LogP contribution is -2.49. The molecular weight excluding hydrogens is 303 g/mol. The fourth-order valence-electron chi connectivity index (χ4n) is 3.63. The average Bonchev–Trinajstić information content (AvgIpc) is 3.35. The summed E-state index contributed by atoms with van der Waals surface area (Å²) in [6, 6.07) is 7.85. The minimum atomic E-state index is -0.0990. The van der Waals surface area contributed by atoms with E-state index in [-0.39, 0.29) is 17.8 Å². The molecule has 0 bridgehead atoms. The molecule has 2 N–H and O–H groups in total. The molecule has 2 atom stereocenters. The van der Waals surface area contributed by atoms with Gasteiger partial charge in [0, 0.05) is 38.1 Å². The largest absolute Gasteiger partial charge is 0.354 e. The van der Waals surface area contributed by atoms with E-state index in [1.165, 1.54) is 13.0 Å². The van der Waals surface area contributed by atoms with Gasteiger partial charge in [-0.15, -0.1) is 0 Å². The van der Waals surface area contributed by atoms with Gasteiger partial charge in [0.25, 0.3) is 0 Å². The topological polar surface area (TPSA) is 39.7 Å². The first-order valence-corrected chi connectivity index (χ1v) is 9.18. The molecule has 0 radical (unpaired) electrons. The molecular formula is C19H29FN4. The second kappa shape index (κ2) is 7.97. The van der Waals surface area contributed by atoms with Gasteiger partial charge >= 0.3 is 0 Å². The summed E-state index contributed by atoms with van der Waals surface area (Å²) in [5.74, 6) is 1.02. The molecule has 4 nitrogen and oxygen atoms in total. The Bertz CT molecular complexity index is 566. The van der Waals surface area contributed by atoms with Gasteiger partial charge in [-0.25, -0.2) is 4.39 Å². The van der Waals surface area contributed by atoms with E-state index in [1.54, 1.807) is 12.1 Å². The van der Waals surface area contributed by atoms with Gasteiger partial charge in [0.05, 0.1) is 0 Å². The van der Waals surface area contributed by atoms with Crippen LogP contribution in [0.15, 0.2) is 29.3 Å². The van der Waals surface area contributed by atoms with Crippen LogP contribution in [0.2, 0.25) is 0 Å². The number of halogens is 1. The second-order valence-corrected chi connectivity index (χ2v) is 6.95. The molecule has 5 heteroatoms. The number of guanidine groups is 1. The van der Waals surface area contributed by atoms with E-state index in [1.807, 2.05) is 19.2 Å². The molecule has 0 aromatic heterocycles. The van der Waals surface area contributed by atoms with Crippen LogP contribution in [0.25, 0.3) is 0 Å². The predicted octanol–water partition coefficient (Wildman–Crippen LogP) is 2.72. The van der Waals surface area contributed by atoms with Crippen molar-refractivity contribution >= 4 is 5.96 Å². The molecule has 1 aliphatic carbocycles. The number of nitrogens with zero attached hydrogens (tertiary/aromatic N) is 2. The normalized spacial score (nSPS) is 25.5. The number of benzene rings is 1. The summed E-state index contributed by atoms with van der Waals surface area (Å²) in [6.45, 7) is 5.75. The summed E-state index contributed by atoms with van der Waals surface area (Å²) in [7, 11) is 1.81. The van der Waals surface area contributed by atoms with E-state index >= 15 is 0 Å². The van der Waals surface area contributed by atoms with E-state index < -0.39 is 0 Å². The molecule has 3 rings (SSSR count). The van der Waals surface area contributed by atoms with Gasteiger partial charge < -0.3 is 15.5 Å². The van der Waals surface area contributed by atoms with Crippen molar-refractivity contribution < 1.29 is 4.39 Å². The lowest BCUT2D eigenvalue weighted by Gasteiger charge is -2.32. The highest BCUT2D eigenvalue weighted by molar-refractivity contribution is 5.80. The maximum Gasteiger partial charge on any atom is 0.191 e. The van der Waals surface area contributed by atoms with E-state index in [9.17, 15) is 4.39 Å². The molecule has 2 aliphatic rings. The Labute approximate surface area is 144 Å². The van der Waals surface area contributed by atoms with Crippen LogP contribution in [-0.2, 0) is 0 Å². The van der Waals surface area contributed by atoms with Crippen molar-refractivity contribution in [3.05, 3.63) is 35.6 Å². The Morgan fingerprint density at radius 1 is 1.25 bits per heavy atom. The zero-order chi connectivity index (χ0) is 16.9. The zero-order valence-electron chi connectivity index (χ0n) is 14.8. The molecule has 132 valence electrons. The third kappa shape index (κ3) is 4.26. The molecule has 1 aromatic rings. The summed E-state index contributed by atoms with van der Waals surface area (Å²) >= 11 is 0. The van der Waals surface area contributed by atoms with Crippen molar-refractivity contribution in [3.8, 4) is 0 Å². The van der Waals surface area contributed by atoms with Crippen molar-refractivity contribution in [3.63, 3.8) is 0 Å². The maximum absolute atomic E-state index is 13.9. The number of rotatable bonds is 5. The molecule has 1 saturated carbocycles. The molecule has 1 aliphatic heterocycles. The fourth-order valence-corrected chi connectivity index (χ4v) is 3.63. The quantitative estimate of drug-likeness (QED) is 0.643. The SMILES string of the molecule is CCCN1CCC(NC(=NC)NC2CC2c2ccccc2F)CC1.